The van der Waals surface area contributed by atoms with Gasteiger partial charge in [-0.15, -0.1) is 13.2 Å². The highest BCUT2D eigenvalue weighted by atomic mass is 19.4. The number of nitrogens with two attached hydrogens (primary N) is 1. The van der Waals surface area contributed by atoms with Gasteiger partial charge in [0.15, 0.2) is 5.69 Å². The number of aryl methyl sites for hydroxylation is 1. The summed E-state index contributed by atoms with van der Waals surface area (Å²) in [6, 6.07) is 5.58. The molecule has 0 aliphatic carbocycles. The van der Waals surface area contributed by atoms with Gasteiger partial charge in [0.2, 0.25) is 0 Å². The van der Waals surface area contributed by atoms with Crippen molar-refractivity contribution in [1.29, 1.82) is 5.26 Å². The summed E-state index contributed by atoms with van der Waals surface area (Å²) in [7, 11) is 1.12. The third-order valence-corrected chi connectivity index (χ3v) is 3.09. The highest BCUT2D eigenvalue weighted by Gasteiger charge is 2.31. The summed E-state index contributed by atoms with van der Waals surface area (Å²) in [5, 5.41) is 9.05. The molecule has 0 radical (unpaired) electrons. The van der Waals surface area contributed by atoms with Crippen LogP contribution in [0.25, 0.3) is 5.69 Å². The van der Waals surface area contributed by atoms with Crippen LogP contribution in [0.5, 0.6) is 5.75 Å². The van der Waals surface area contributed by atoms with Crippen molar-refractivity contribution in [1.82, 2.24) is 4.57 Å². The predicted molar refractivity (Wildman–Crippen MR) is 77.7 cm³/mol. The van der Waals surface area contributed by atoms with Crippen LogP contribution in [0.15, 0.2) is 24.4 Å². The zero-order chi connectivity index (χ0) is 18.1. The van der Waals surface area contributed by atoms with Crippen molar-refractivity contribution in [3.05, 3.63) is 41.2 Å². The van der Waals surface area contributed by atoms with Gasteiger partial charge in [-0.3, -0.25) is 0 Å². The summed E-state index contributed by atoms with van der Waals surface area (Å²) in [5.74, 6) is -1.28. The zero-order valence-corrected chi connectivity index (χ0v) is 12.6. The Balaban J connectivity index is 2.64. The molecule has 1 heterocycles. The largest absolute Gasteiger partial charge is 0.573 e. The third kappa shape index (κ3) is 3.43. The van der Waals surface area contributed by atoms with Gasteiger partial charge >= 0.3 is 12.3 Å². The van der Waals surface area contributed by atoms with Crippen LogP contribution in [-0.4, -0.2) is 24.0 Å². The number of nitriles is 1. The summed E-state index contributed by atoms with van der Waals surface area (Å²) in [6.07, 6.45) is -3.61. The molecule has 24 heavy (non-hydrogen) atoms. The van der Waals surface area contributed by atoms with Gasteiger partial charge in [0.05, 0.1) is 18.4 Å². The molecule has 6 nitrogen and oxygen atoms in total. The number of hydrogen-bond donors (Lipinski definition) is 1. The van der Waals surface area contributed by atoms with Gasteiger partial charge in [-0.05, 0) is 24.6 Å². The molecule has 0 aliphatic rings. The SMILES string of the molecule is COC(=O)c1c(N)c(C#N)cn1-c1cc(C)cc(OC(F)(F)F)c1. The van der Waals surface area contributed by atoms with E-state index in [2.05, 4.69) is 9.47 Å². The lowest BCUT2D eigenvalue weighted by molar-refractivity contribution is -0.274. The average Bonchev–Trinajstić information content (AvgIpc) is 2.81. The van der Waals surface area contributed by atoms with E-state index in [1.807, 2.05) is 6.07 Å². The number of methoxy groups -OCH3 is 1. The van der Waals surface area contributed by atoms with Crippen LogP contribution in [0.1, 0.15) is 21.6 Å². The molecule has 0 amide bonds. The Morgan fingerprint density at radius 3 is 2.54 bits per heavy atom. The lowest BCUT2D eigenvalue weighted by atomic mass is 10.2. The quantitative estimate of drug-likeness (QED) is 0.868. The van der Waals surface area contributed by atoms with Crippen molar-refractivity contribution < 1.29 is 27.4 Å². The minimum atomic E-state index is -4.86. The first kappa shape index (κ1) is 17.2. The molecule has 0 fully saturated rings. The minimum Gasteiger partial charge on any atom is -0.464 e. The van der Waals surface area contributed by atoms with Crippen molar-refractivity contribution in [3.63, 3.8) is 0 Å². The monoisotopic (exact) mass is 339 g/mol. The second-order valence-corrected chi connectivity index (χ2v) is 4.83. The first-order valence-electron chi connectivity index (χ1n) is 6.53. The smallest absolute Gasteiger partial charge is 0.464 e. The number of benzene rings is 1. The number of aromatic nitrogens is 1. The number of anilines is 1. The fourth-order valence-electron chi connectivity index (χ4n) is 2.18. The first-order chi connectivity index (χ1) is 11.2. The molecule has 2 aromatic rings. The predicted octanol–water partition coefficient (Wildman–Crippen LogP) is 2.92. The summed E-state index contributed by atoms with van der Waals surface area (Å²) in [5.41, 5.74) is 6.09. The second kappa shape index (κ2) is 6.16. The van der Waals surface area contributed by atoms with E-state index < -0.39 is 18.1 Å². The van der Waals surface area contributed by atoms with E-state index in [-0.39, 0.29) is 22.6 Å². The maximum atomic E-state index is 12.4. The van der Waals surface area contributed by atoms with E-state index in [0.717, 1.165) is 13.2 Å². The molecule has 9 heteroatoms. The molecule has 0 unspecified atom stereocenters. The fraction of sp³-hybridized carbons (Fsp3) is 0.200. The Kier molecular flexibility index (Phi) is 4.41. The van der Waals surface area contributed by atoms with E-state index in [9.17, 15) is 18.0 Å². The lowest BCUT2D eigenvalue weighted by Crippen LogP contribution is -2.17. The molecular weight excluding hydrogens is 327 g/mol. The Hall–Kier alpha value is -3.15. The summed E-state index contributed by atoms with van der Waals surface area (Å²) in [6.45, 7) is 1.56. The molecule has 0 atom stereocenters. The van der Waals surface area contributed by atoms with Gasteiger partial charge in [-0.2, -0.15) is 5.26 Å². The van der Waals surface area contributed by atoms with Crippen LogP contribution >= 0.6 is 0 Å². The number of esters is 1. The Morgan fingerprint density at radius 1 is 1.33 bits per heavy atom. The Morgan fingerprint density at radius 2 is 2.00 bits per heavy atom. The normalized spacial score (nSPS) is 11.0. The molecule has 0 saturated carbocycles. The molecule has 2 N–H and O–H groups in total. The highest BCUT2D eigenvalue weighted by Crippen LogP contribution is 2.30. The Bertz CT molecular complexity index is 835. The second-order valence-electron chi connectivity index (χ2n) is 4.83. The highest BCUT2D eigenvalue weighted by molar-refractivity contribution is 5.96. The maximum absolute atomic E-state index is 12.4. The number of alkyl halides is 3. The first-order valence-corrected chi connectivity index (χ1v) is 6.53. The number of rotatable bonds is 3. The Labute approximate surface area is 134 Å². The molecule has 2 rings (SSSR count). The summed E-state index contributed by atoms with van der Waals surface area (Å²) >= 11 is 0. The molecular formula is C15H12F3N3O3. The number of nitrogen functional groups attached to an aromatic ring is 1. The van der Waals surface area contributed by atoms with Gasteiger partial charge in [0.25, 0.3) is 0 Å². The van der Waals surface area contributed by atoms with Crippen LogP contribution in [0.3, 0.4) is 0 Å². The van der Waals surface area contributed by atoms with Crippen LogP contribution in [0, 0.1) is 18.3 Å². The lowest BCUT2D eigenvalue weighted by Gasteiger charge is -2.13. The zero-order valence-electron chi connectivity index (χ0n) is 12.6. The molecule has 1 aromatic carbocycles. The number of nitrogens with zero attached hydrogens (tertiary/aromatic N) is 2. The molecule has 0 saturated heterocycles. The van der Waals surface area contributed by atoms with Gasteiger partial charge in [-0.25, -0.2) is 4.79 Å². The number of ether oxygens (including phenoxy) is 2. The van der Waals surface area contributed by atoms with Crippen LogP contribution in [0.2, 0.25) is 0 Å². The van der Waals surface area contributed by atoms with Crippen molar-refractivity contribution in [3.8, 4) is 17.5 Å². The summed E-state index contributed by atoms with van der Waals surface area (Å²) in [4.78, 5) is 11.9. The average molecular weight is 339 g/mol. The van der Waals surface area contributed by atoms with Gasteiger partial charge in [0, 0.05) is 18.0 Å². The van der Waals surface area contributed by atoms with Crippen LogP contribution in [0.4, 0.5) is 18.9 Å². The van der Waals surface area contributed by atoms with E-state index in [1.165, 1.54) is 22.9 Å². The van der Waals surface area contributed by atoms with E-state index in [1.54, 1.807) is 6.92 Å². The van der Waals surface area contributed by atoms with Gasteiger partial charge in [0.1, 0.15) is 11.8 Å². The molecule has 1 aromatic heterocycles. The number of halogens is 3. The number of carbonyl (C=O) groups excluding carboxylic acids is 1. The molecule has 0 spiro atoms. The van der Waals surface area contributed by atoms with Gasteiger partial charge in [-0.1, -0.05) is 0 Å². The number of carbonyl (C=O) groups is 1. The fourth-order valence-corrected chi connectivity index (χ4v) is 2.18. The van der Waals surface area contributed by atoms with Crippen molar-refractivity contribution in [2.75, 3.05) is 12.8 Å². The molecule has 126 valence electrons. The van der Waals surface area contributed by atoms with Crippen LogP contribution < -0.4 is 10.5 Å². The van der Waals surface area contributed by atoms with Crippen LogP contribution in [-0.2, 0) is 4.74 Å². The van der Waals surface area contributed by atoms with E-state index >= 15 is 0 Å². The van der Waals surface area contributed by atoms with Crippen molar-refractivity contribution >= 4 is 11.7 Å². The van der Waals surface area contributed by atoms with Crippen molar-refractivity contribution in [2.24, 2.45) is 0 Å². The summed E-state index contributed by atoms with van der Waals surface area (Å²) < 4.78 is 47.0. The minimum absolute atomic E-state index is 0.00445. The van der Waals surface area contributed by atoms with E-state index in [4.69, 9.17) is 11.0 Å². The standard InChI is InChI=1S/C15H12F3N3O3/c1-8-3-10(5-11(4-8)24-15(16,17)18)21-7-9(6-19)12(20)13(21)14(22)23-2/h3-5,7H,20H2,1-2H3. The molecule has 0 aliphatic heterocycles. The third-order valence-electron chi connectivity index (χ3n) is 3.09. The molecule has 0 bridgehead atoms. The van der Waals surface area contributed by atoms with Crippen molar-refractivity contribution in [2.45, 2.75) is 13.3 Å². The van der Waals surface area contributed by atoms with E-state index in [0.29, 0.717) is 5.56 Å². The van der Waals surface area contributed by atoms with Gasteiger partial charge < -0.3 is 19.8 Å². The maximum Gasteiger partial charge on any atom is 0.573 e. The topological polar surface area (TPSA) is 90.3 Å². The number of hydrogen-bond acceptors (Lipinski definition) is 5.